The first-order valence-electron chi connectivity index (χ1n) is 2.89. The Morgan fingerprint density at radius 3 is 2.00 bits per heavy atom. The lowest BCUT2D eigenvalue weighted by atomic mass is 10.3. The Morgan fingerprint density at radius 2 is 1.88 bits per heavy atom. The number of nitrogens with two attached hydrogens (primary N) is 1. The first-order chi connectivity index (χ1) is 3.85. The summed E-state index contributed by atoms with van der Waals surface area (Å²) in [6, 6.07) is 0. The second-order valence-corrected chi connectivity index (χ2v) is 1.71. The average Bonchev–Trinajstić information content (AvgIpc) is 1.83. The van der Waals surface area contributed by atoms with Crippen molar-refractivity contribution < 1.29 is 0 Å². The lowest BCUT2D eigenvalue weighted by molar-refractivity contribution is 0.468. The molecule has 3 nitrogen and oxygen atoms in total. The summed E-state index contributed by atoms with van der Waals surface area (Å²) >= 11 is 0. The van der Waals surface area contributed by atoms with Crippen molar-refractivity contribution in [1.82, 2.24) is 10.6 Å². The fourth-order valence-electron chi connectivity index (χ4n) is 0.600. The Bertz CT molecular complexity index is 42.9. The van der Waals surface area contributed by atoms with Crippen LogP contribution < -0.4 is 16.4 Å². The van der Waals surface area contributed by atoms with Gasteiger partial charge in [0.15, 0.2) is 0 Å². The van der Waals surface area contributed by atoms with E-state index in [9.17, 15) is 0 Å². The Hall–Kier alpha value is -0.120. The van der Waals surface area contributed by atoms with Crippen molar-refractivity contribution >= 4 is 0 Å². The van der Waals surface area contributed by atoms with Crippen molar-refractivity contribution in [3.05, 3.63) is 0 Å². The molecule has 0 unspecified atom stereocenters. The number of hydrogen-bond donors (Lipinski definition) is 3. The third kappa shape index (κ3) is 2.96. The molecule has 0 aromatic heterocycles. The monoisotopic (exact) mass is 117 g/mol. The minimum absolute atomic E-state index is 0.375. The molecule has 0 spiro atoms. The van der Waals surface area contributed by atoms with Crippen LogP contribution in [0.4, 0.5) is 0 Å². The van der Waals surface area contributed by atoms with E-state index in [-0.39, 0.29) is 0 Å². The van der Waals surface area contributed by atoms with Crippen LogP contribution in [0, 0.1) is 0 Å². The Kier molecular flexibility index (Phi) is 4.95. The molecule has 0 atom stereocenters. The highest BCUT2D eigenvalue weighted by atomic mass is 15.1. The summed E-state index contributed by atoms with van der Waals surface area (Å²) in [5, 5.41) is 6.12. The van der Waals surface area contributed by atoms with Gasteiger partial charge in [-0.05, 0) is 27.1 Å². The molecule has 4 N–H and O–H groups in total. The molecule has 0 aliphatic rings. The Labute approximate surface area is 50.6 Å². The highest BCUT2D eigenvalue weighted by Gasteiger charge is 1.96. The van der Waals surface area contributed by atoms with Crippen LogP contribution in [0.15, 0.2) is 0 Å². The van der Waals surface area contributed by atoms with Crippen LogP contribution in [-0.2, 0) is 0 Å². The molecule has 0 radical (unpaired) electrons. The van der Waals surface area contributed by atoms with E-state index in [4.69, 9.17) is 5.73 Å². The quantitative estimate of drug-likeness (QED) is 0.418. The van der Waals surface area contributed by atoms with Gasteiger partial charge in [0.25, 0.3) is 0 Å². The van der Waals surface area contributed by atoms with Gasteiger partial charge in [0.05, 0.1) is 6.17 Å². The largest absolute Gasteiger partial charge is 0.330 e. The van der Waals surface area contributed by atoms with Crippen LogP contribution in [0.3, 0.4) is 0 Å². The number of rotatable bonds is 4. The molecule has 0 amide bonds. The summed E-state index contributed by atoms with van der Waals surface area (Å²) in [5.74, 6) is 0. The standard InChI is InChI=1S/C5H15N3/c1-7-5(8-2)3-4-6/h5,7-8H,3-4,6H2,1-2H3. The lowest BCUT2D eigenvalue weighted by Crippen LogP contribution is -2.39. The molecule has 8 heavy (non-hydrogen) atoms. The molecule has 0 rings (SSSR count). The molecule has 0 heterocycles. The van der Waals surface area contributed by atoms with E-state index in [1.807, 2.05) is 14.1 Å². The van der Waals surface area contributed by atoms with Crippen molar-refractivity contribution in [2.75, 3.05) is 20.6 Å². The fraction of sp³-hybridized carbons (Fsp3) is 1.00. The fourth-order valence-corrected chi connectivity index (χ4v) is 0.600. The van der Waals surface area contributed by atoms with Crippen molar-refractivity contribution in [2.24, 2.45) is 5.73 Å². The predicted octanol–water partition coefficient (Wildman–Crippen LogP) is -0.900. The van der Waals surface area contributed by atoms with Crippen LogP contribution in [0.2, 0.25) is 0 Å². The van der Waals surface area contributed by atoms with E-state index in [1.54, 1.807) is 0 Å². The van der Waals surface area contributed by atoms with Gasteiger partial charge >= 0.3 is 0 Å². The van der Waals surface area contributed by atoms with Crippen molar-refractivity contribution in [3.8, 4) is 0 Å². The third-order valence-electron chi connectivity index (χ3n) is 1.15. The maximum Gasteiger partial charge on any atom is 0.0578 e. The molecule has 0 aromatic carbocycles. The summed E-state index contributed by atoms with van der Waals surface area (Å²) in [5.41, 5.74) is 5.30. The van der Waals surface area contributed by atoms with Crippen molar-refractivity contribution in [1.29, 1.82) is 0 Å². The lowest BCUT2D eigenvalue weighted by Gasteiger charge is -2.12. The zero-order valence-electron chi connectivity index (χ0n) is 5.57. The molecule has 0 fully saturated rings. The van der Waals surface area contributed by atoms with Crippen molar-refractivity contribution in [2.45, 2.75) is 12.6 Å². The minimum atomic E-state index is 0.375. The zero-order chi connectivity index (χ0) is 6.41. The second kappa shape index (κ2) is 5.03. The van der Waals surface area contributed by atoms with Crippen LogP contribution in [0.5, 0.6) is 0 Å². The average molecular weight is 117 g/mol. The molecule has 0 aliphatic carbocycles. The highest BCUT2D eigenvalue weighted by molar-refractivity contribution is 4.57. The van der Waals surface area contributed by atoms with Gasteiger partial charge < -0.3 is 16.4 Å². The van der Waals surface area contributed by atoms with Gasteiger partial charge in [-0.25, -0.2) is 0 Å². The summed E-state index contributed by atoms with van der Waals surface area (Å²) in [4.78, 5) is 0. The van der Waals surface area contributed by atoms with E-state index < -0.39 is 0 Å². The molecule has 0 aromatic rings. The van der Waals surface area contributed by atoms with Crippen LogP contribution in [0.1, 0.15) is 6.42 Å². The van der Waals surface area contributed by atoms with E-state index in [2.05, 4.69) is 10.6 Å². The normalized spacial score (nSPS) is 10.5. The van der Waals surface area contributed by atoms with Gasteiger partial charge in [-0.15, -0.1) is 0 Å². The summed E-state index contributed by atoms with van der Waals surface area (Å²) in [6.07, 6.45) is 1.35. The Morgan fingerprint density at radius 1 is 1.38 bits per heavy atom. The molecule has 0 aliphatic heterocycles. The smallest absolute Gasteiger partial charge is 0.0578 e. The van der Waals surface area contributed by atoms with Crippen LogP contribution in [-0.4, -0.2) is 26.8 Å². The second-order valence-electron chi connectivity index (χ2n) is 1.71. The number of hydrogen-bond acceptors (Lipinski definition) is 3. The van der Waals surface area contributed by atoms with Gasteiger partial charge in [0.1, 0.15) is 0 Å². The number of nitrogens with one attached hydrogen (secondary N) is 2. The van der Waals surface area contributed by atoms with E-state index in [0.29, 0.717) is 6.17 Å². The van der Waals surface area contributed by atoms with Crippen LogP contribution in [0.25, 0.3) is 0 Å². The van der Waals surface area contributed by atoms with Gasteiger partial charge in [-0.3, -0.25) is 0 Å². The van der Waals surface area contributed by atoms with Gasteiger partial charge in [0.2, 0.25) is 0 Å². The van der Waals surface area contributed by atoms with E-state index in [1.165, 1.54) is 0 Å². The molecule has 3 heteroatoms. The molecular formula is C5H15N3. The maximum absolute atomic E-state index is 5.30. The summed E-state index contributed by atoms with van der Waals surface area (Å²) in [6.45, 7) is 0.729. The molecule has 0 saturated carbocycles. The zero-order valence-corrected chi connectivity index (χ0v) is 5.57. The summed E-state index contributed by atoms with van der Waals surface area (Å²) < 4.78 is 0. The van der Waals surface area contributed by atoms with Crippen molar-refractivity contribution in [3.63, 3.8) is 0 Å². The predicted molar refractivity (Wildman–Crippen MR) is 35.6 cm³/mol. The summed E-state index contributed by atoms with van der Waals surface area (Å²) in [7, 11) is 3.83. The topological polar surface area (TPSA) is 50.1 Å². The molecular weight excluding hydrogens is 102 g/mol. The highest BCUT2D eigenvalue weighted by Crippen LogP contribution is 1.78. The molecule has 50 valence electrons. The van der Waals surface area contributed by atoms with Gasteiger partial charge in [-0.2, -0.15) is 0 Å². The maximum atomic E-state index is 5.30. The van der Waals surface area contributed by atoms with E-state index >= 15 is 0 Å². The minimum Gasteiger partial charge on any atom is -0.330 e. The van der Waals surface area contributed by atoms with Gasteiger partial charge in [0, 0.05) is 0 Å². The Balaban J connectivity index is 3.07. The van der Waals surface area contributed by atoms with Crippen LogP contribution >= 0.6 is 0 Å². The third-order valence-corrected chi connectivity index (χ3v) is 1.15. The SMILES string of the molecule is CNC(CCN)NC. The molecule has 0 saturated heterocycles. The first-order valence-corrected chi connectivity index (χ1v) is 2.89. The first kappa shape index (κ1) is 7.88. The molecule has 0 bridgehead atoms. The van der Waals surface area contributed by atoms with E-state index in [0.717, 1.165) is 13.0 Å². The van der Waals surface area contributed by atoms with Gasteiger partial charge in [-0.1, -0.05) is 0 Å².